The number of halogens is 3. The first-order chi connectivity index (χ1) is 16.0. The Balaban J connectivity index is 1.74. The number of ether oxygens (including phenoxy) is 1. The van der Waals surface area contributed by atoms with E-state index < -0.39 is 12.2 Å². The number of nitrogens with zero attached hydrogens (tertiary/aromatic N) is 5. The monoisotopic (exact) mass is 466 g/mol. The van der Waals surface area contributed by atoms with Gasteiger partial charge in [0.2, 0.25) is 5.95 Å². The van der Waals surface area contributed by atoms with Crippen molar-refractivity contribution < 1.29 is 13.5 Å². The third-order valence-electron chi connectivity index (χ3n) is 4.71. The van der Waals surface area contributed by atoms with Crippen molar-refractivity contribution in [1.29, 1.82) is 0 Å². The number of fused-ring (bicyclic) bond motifs is 3. The molecule has 0 fully saturated rings. The van der Waals surface area contributed by atoms with Gasteiger partial charge in [0.25, 0.3) is 5.56 Å². The molecule has 164 valence electrons. The topological polar surface area (TPSA) is 94.3 Å². The summed E-state index contributed by atoms with van der Waals surface area (Å²) in [5.74, 6) is 0.141. The second-order valence-electron chi connectivity index (χ2n) is 6.82. The second kappa shape index (κ2) is 8.40. The molecule has 5 aromatic rings. The zero-order chi connectivity index (χ0) is 22.9. The molecule has 0 aliphatic carbocycles. The van der Waals surface area contributed by atoms with E-state index in [1.165, 1.54) is 28.9 Å². The minimum atomic E-state index is -3.05. The molecule has 0 saturated heterocycles. The molecule has 0 atom stereocenters. The van der Waals surface area contributed by atoms with Gasteiger partial charge in [-0.05, 0) is 42.5 Å². The minimum Gasteiger partial charge on any atom is -0.434 e. The Morgan fingerprint density at radius 3 is 2.70 bits per heavy atom. The van der Waals surface area contributed by atoms with Crippen molar-refractivity contribution in [2.24, 2.45) is 0 Å². The summed E-state index contributed by atoms with van der Waals surface area (Å²) in [6.07, 6.45) is 1.38. The maximum absolute atomic E-state index is 13.0. The number of anilines is 2. The number of hydrogen-bond donors (Lipinski definition) is 1. The van der Waals surface area contributed by atoms with Crippen LogP contribution in [-0.4, -0.2) is 31.2 Å². The lowest BCUT2D eigenvalue weighted by Gasteiger charge is -2.08. The smallest absolute Gasteiger partial charge is 0.387 e. The highest BCUT2D eigenvalue weighted by molar-refractivity contribution is 6.30. The van der Waals surface area contributed by atoms with Crippen LogP contribution in [0.4, 0.5) is 20.4 Å². The van der Waals surface area contributed by atoms with Crippen LogP contribution in [0.1, 0.15) is 0 Å². The van der Waals surface area contributed by atoms with E-state index in [4.69, 9.17) is 11.6 Å². The van der Waals surface area contributed by atoms with Crippen molar-refractivity contribution in [2.45, 2.75) is 6.61 Å². The summed E-state index contributed by atoms with van der Waals surface area (Å²) in [6, 6.07) is 16.3. The highest BCUT2D eigenvalue weighted by atomic mass is 35.5. The third kappa shape index (κ3) is 4.03. The van der Waals surface area contributed by atoms with Crippen LogP contribution in [-0.2, 0) is 0 Å². The van der Waals surface area contributed by atoms with Crippen LogP contribution in [0.3, 0.4) is 0 Å². The molecule has 11 heteroatoms. The number of nitrogens with one attached hydrogen (secondary N) is 1. The van der Waals surface area contributed by atoms with Crippen LogP contribution >= 0.6 is 11.6 Å². The summed E-state index contributed by atoms with van der Waals surface area (Å²) in [5.41, 5.74) is 0.892. The average Bonchev–Trinajstić information content (AvgIpc) is 3.13. The number of aromatic nitrogens is 5. The lowest BCUT2D eigenvalue weighted by atomic mass is 10.2. The van der Waals surface area contributed by atoms with E-state index in [0.717, 1.165) is 0 Å². The van der Waals surface area contributed by atoms with Gasteiger partial charge in [-0.15, -0.1) is 5.10 Å². The maximum Gasteiger partial charge on any atom is 0.387 e. The summed E-state index contributed by atoms with van der Waals surface area (Å²) in [4.78, 5) is 25.2. The third-order valence-corrected chi connectivity index (χ3v) is 4.94. The number of benzene rings is 2. The van der Waals surface area contributed by atoms with Crippen LogP contribution in [0.5, 0.6) is 5.75 Å². The molecule has 0 unspecified atom stereocenters. The van der Waals surface area contributed by atoms with Crippen molar-refractivity contribution in [3.8, 4) is 17.1 Å². The van der Waals surface area contributed by atoms with Gasteiger partial charge in [-0.2, -0.15) is 13.3 Å². The minimum absolute atomic E-state index is 0.114. The molecular formula is C22H13ClF2N6O2. The van der Waals surface area contributed by atoms with Gasteiger partial charge in [0.05, 0.1) is 11.1 Å². The van der Waals surface area contributed by atoms with Gasteiger partial charge >= 0.3 is 6.61 Å². The summed E-state index contributed by atoms with van der Waals surface area (Å²) < 4.78 is 32.0. The van der Waals surface area contributed by atoms with Crippen LogP contribution in [0.25, 0.3) is 27.9 Å². The second-order valence-corrected chi connectivity index (χ2v) is 7.25. The fourth-order valence-corrected chi connectivity index (χ4v) is 3.46. The maximum atomic E-state index is 13.0. The standard InChI is InChI=1S/C22H13ClF2N6O2/c23-12-8-9-14(17(11-12)33-21(24)25)18-29-19-13-5-1-2-6-15(13)27-22(31(19)30-18)28-16-7-3-4-10-26-20(16)32/h1-11,21H,(H,26,27,28,32). The van der Waals surface area contributed by atoms with Crippen molar-refractivity contribution >= 4 is 39.8 Å². The molecule has 0 saturated carbocycles. The average molecular weight is 467 g/mol. The molecule has 3 heterocycles. The van der Waals surface area contributed by atoms with Crippen LogP contribution in [0, 0.1) is 0 Å². The number of rotatable bonds is 5. The molecule has 2 aromatic carbocycles. The van der Waals surface area contributed by atoms with Crippen LogP contribution in [0.15, 0.2) is 71.7 Å². The van der Waals surface area contributed by atoms with Crippen molar-refractivity contribution in [3.05, 3.63) is 82.2 Å². The molecule has 0 bridgehead atoms. The van der Waals surface area contributed by atoms with E-state index >= 15 is 0 Å². The summed E-state index contributed by atoms with van der Waals surface area (Å²) in [6.45, 7) is -3.05. The number of alkyl halides is 2. The Hall–Kier alpha value is -4.18. The lowest BCUT2D eigenvalue weighted by molar-refractivity contribution is -0.0494. The molecule has 3 aromatic heterocycles. The SMILES string of the molecule is O=c1nccccc1Nc1nc2ccccc2c2nc(-c3ccc(Cl)cc3OC(F)F)nn12. The quantitative estimate of drug-likeness (QED) is 0.401. The number of para-hydroxylation sites is 1. The molecule has 5 rings (SSSR count). The summed E-state index contributed by atoms with van der Waals surface area (Å²) in [7, 11) is 0. The fourth-order valence-electron chi connectivity index (χ4n) is 3.29. The first-order valence-electron chi connectivity index (χ1n) is 9.62. The molecule has 0 aliphatic heterocycles. The van der Waals surface area contributed by atoms with Crippen LogP contribution < -0.4 is 15.6 Å². The van der Waals surface area contributed by atoms with E-state index in [0.29, 0.717) is 16.6 Å². The van der Waals surface area contributed by atoms with E-state index in [1.807, 2.05) is 12.1 Å². The van der Waals surface area contributed by atoms with Gasteiger partial charge in [-0.3, -0.25) is 4.79 Å². The van der Waals surface area contributed by atoms with E-state index in [-0.39, 0.29) is 33.8 Å². The Morgan fingerprint density at radius 2 is 1.85 bits per heavy atom. The van der Waals surface area contributed by atoms with Gasteiger partial charge in [0, 0.05) is 16.6 Å². The zero-order valence-electron chi connectivity index (χ0n) is 16.6. The summed E-state index contributed by atoms with van der Waals surface area (Å²) in [5, 5.41) is 8.31. The normalized spacial score (nSPS) is 11.3. The van der Waals surface area contributed by atoms with E-state index in [1.54, 1.807) is 30.3 Å². The predicted octanol–water partition coefficient (Wildman–Crippen LogP) is 4.70. The molecular weight excluding hydrogens is 454 g/mol. The van der Waals surface area contributed by atoms with E-state index in [9.17, 15) is 13.6 Å². The highest BCUT2D eigenvalue weighted by Gasteiger charge is 2.19. The van der Waals surface area contributed by atoms with Crippen molar-refractivity contribution in [3.63, 3.8) is 0 Å². The van der Waals surface area contributed by atoms with Crippen LogP contribution in [0.2, 0.25) is 5.02 Å². The van der Waals surface area contributed by atoms with Gasteiger partial charge in [-0.1, -0.05) is 29.8 Å². The zero-order valence-corrected chi connectivity index (χ0v) is 17.4. The first-order valence-corrected chi connectivity index (χ1v) is 10.00. The highest BCUT2D eigenvalue weighted by Crippen LogP contribution is 2.33. The Morgan fingerprint density at radius 1 is 1.03 bits per heavy atom. The fraction of sp³-hybridized carbons (Fsp3) is 0.0455. The van der Waals surface area contributed by atoms with Gasteiger partial charge in [0.1, 0.15) is 11.4 Å². The molecule has 0 radical (unpaired) electrons. The molecule has 1 N–H and O–H groups in total. The molecule has 0 amide bonds. The van der Waals surface area contributed by atoms with Gasteiger partial charge < -0.3 is 10.1 Å². The summed E-state index contributed by atoms with van der Waals surface area (Å²) >= 11 is 5.96. The molecule has 0 aliphatic rings. The Kier molecular flexibility index (Phi) is 5.27. The van der Waals surface area contributed by atoms with E-state index in [2.05, 4.69) is 30.1 Å². The Bertz CT molecular complexity index is 1560. The largest absolute Gasteiger partial charge is 0.434 e. The number of hydrogen-bond acceptors (Lipinski definition) is 7. The first kappa shape index (κ1) is 20.7. The molecule has 33 heavy (non-hydrogen) atoms. The molecule has 0 spiro atoms. The Labute approximate surface area is 189 Å². The van der Waals surface area contributed by atoms with Gasteiger partial charge in [-0.25, -0.2) is 15.0 Å². The van der Waals surface area contributed by atoms with Gasteiger partial charge in [0.15, 0.2) is 11.5 Å². The predicted molar refractivity (Wildman–Crippen MR) is 119 cm³/mol. The molecule has 8 nitrogen and oxygen atoms in total. The lowest BCUT2D eigenvalue weighted by Crippen LogP contribution is -2.11. The van der Waals surface area contributed by atoms with Crippen molar-refractivity contribution in [1.82, 2.24) is 24.6 Å². The van der Waals surface area contributed by atoms with Crippen molar-refractivity contribution in [2.75, 3.05) is 5.32 Å².